The molecule has 6 nitrogen and oxygen atoms in total. The quantitative estimate of drug-likeness (QED) is 0.739. The van der Waals surface area contributed by atoms with E-state index in [-0.39, 0.29) is 28.4 Å². The molecule has 2 fully saturated rings. The van der Waals surface area contributed by atoms with Crippen molar-refractivity contribution in [2.75, 3.05) is 12.4 Å². The molecule has 0 saturated heterocycles. The van der Waals surface area contributed by atoms with Gasteiger partial charge in [-0.15, -0.1) is 5.10 Å². The van der Waals surface area contributed by atoms with E-state index in [4.69, 9.17) is 10.7 Å². The van der Waals surface area contributed by atoms with Gasteiger partial charge in [-0.1, -0.05) is 6.07 Å². The van der Waals surface area contributed by atoms with Gasteiger partial charge in [0.15, 0.2) is 0 Å². The van der Waals surface area contributed by atoms with E-state index in [1.165, 1.54) is 13.1 Å². The van der Waals surface area contributed by atoms with E-state index in [1.54, 1.807) is 6.07 Å². The van der Waals surface area contributed by atoms with Crippen molar-refractivity contribution >= 4 is 25.7 Å². The highest BCUT2D eigenvalue weighted by Crippen LogP contribution is 2.49. The van der Waals surface area contributed by atoms with Gasteiger partial charge in [0.1, 0.15) is 0 Å². The molecule has 0 unspecified atom stereocenters. The van der Waals surface area contributed by atoms with E-state index in [9.17, 15) is 21.6 Å². The number of benzene rings is 1. The van der Waals surface area contributed by atoms with Gasteiger partial charge in [0.2, 0.25) is 5.95 Å². The Balaban J connectivity index is 1.96. The van der Waals surface area contributed by atoms with Crippen LogP contribution in [0.25, 0.3) is 5.69 Å². The monoisotopic (exact) mass is 420 g/mol. The first-order valence-electron chi connectivity index (χ1n) is 8.44. The van der Waals surface area contributed by atoms with Crippen molar-refractivity contribution < 1.29 is 21.6 Å². The van der Waals surface area contributed by atoms with Crippen LogP contribution < -0.4 is 5.32 Å². The van der Waals surface area contributed by atoms with Gasteiger partial charge in [-0.25, -0.2) is 8.42 Å². The zero-order valence-electron chi connectivity index (χ0n) is 14.2. The molecular weight excluding hydrogens is 405 g/mol. The molecule has 1 aromatic heterocycles. The fraction of sp³-hybridized carbons (Fsp3) is 0.500. The molecule has 2 aromatic rings. The first-order valence-corrected chi connectivity index (χ1v) is 10.8. The van der Waals surface area contributed by atoms with Crippen molar-refractivity contribution in [3.05, 3.63) is 29.1 Å². The number of anilines is 1. The van der Waals surface area contributed by atoms with E-state index in [2.05, 4.69) is 15.4 Å². The number of halogens is 4. The molecule has 0 atom stereocenters. The summed E-state index contributed by atoms with van der Waals surface area (Å²) in [7, 11) is 2.99. The van der Waals surface area contributed by atoms with Gasteiger partial charge in [0.25, 0.3) is 14.9 Å². The molecule has 2 aliphatic rings. The average molecular weight is 421 g/mol. The number of nitrogens with one attached hydrogen (secondary N) is 1. The molecule has 146 valence electrons. The smallest absolute Gasteiger partial charge is 0.357 e. The van der Waals surface area contributed by atoms with Crippen molar-refractivity contribution in [2.45, 2.75) is 48.6 Å². The summed E-state index contributed by atoms with van der Waals surface area (Å²) in [6, 6.07) is 3.10. The maximum Gasteiger partial charge on any atom is 0.453 e. The molecule has 1 heterocycles. The number of aromatic nitrogens is 3. The average Bonchev–Trinajstić information content (AvgIpc) is 3.48. The van der Waals surface area contributed by atoms with Crippen LogP contribution >= 0.6 is 10.7 Å². The molecule has 11 heteroatoms. The van der Waals surface area contributed by atoms with Crippen molar-refractivity contribution in [1.29, 1.82) is 0 Å². The lowest BCUT2D eigenvalue weighted by Crippen LogP contribution is -2.11. The Morgan fingerprint density at radius 1 is 1.15 bits per heavy atom. The fourth-order valence-corrected chi connectivity index (χ4v) is 4.36. The third-order valence-electron chi connectivity index (χ3n) is 4.77. The Morgan fingerprint density at radius 3 is 2.22 bits per heavy atom. The van der Waals surface area contributed by atoms with Gasteiger partial charge in [-0.05, 0) is 54.7 Å². The normalized spacial score (nSPS) is 18.0. The summed E-state index contributed by atoms with van der Waals surface area (Å²) < 4.78 is 64.4. The number of rotatable bonds is 5. The van der Waals surface area contributed by atoms with Crippen LogP contribution in [-0.2, 0) is 15.2 Å². The summed E-state index contributed by atoms with van der Waals surface area (Å²) in [4.78, 5) is 3.42. The second-order valence-electron chi connectivity index (χ2n) is 6.85. The van der Waals surface area contributed by atoms with Crippen molar-refractivity contribution in [2.24, 2.45) is 0 Å². The van der Waals surface area contributed by atoms with Crippen LogP contribution in [0, 0.1) is 0 Å². The number of hydrogen-bond acceptors (Lipinski definition) is 5. The van der Waals surface area contributed by atoms with E-state index < -0.39 is 21.1 Å². The summed E-state index contributed by atoms with van der Waals surface area (Å²) in [5.74, 6) is -1.14. The molecule has 1 aromatic carbocycles. The first kappa shape index (κ1) is 18.5. The fourth-order valence-electron chi connectivity index (χ4n) is 3.19. The molecule has 1 N–H and O–H groups in total. The molecule has 0 amide bonds. The highest BCUT2D eigenvalue weighted by Gasteiger charge is 2.39. The SMILES string of the molecule is CNc1nc(C(F)(F)F)nn1-c1cc(S(=O)(=O)Cl)c(C2CC2)cc1C1CC1. The lowest BCUT2D eigenvalue weighted by molar-refractivity contribution is -0.144. The van der Waals surface area contributed by atoms with Gasteiger partial charge in [-0.2, -0.15) is 22.8 Å². The predicted molar refractivity (Wildman–Crippen MR) is 92.9 cm³/mol. The molecule has 2 aliphatic carbocycles. The van der Waals surface area contributed by atoms with Crippen LogP contribution in [0.3, 0.4) is 0 Å². The topological polar surface area (TPSA) is 76.9 Å². The van der Waals surface area contributed by atoms with E-state index >= 15 is 0 Å². The zero-order chi connectivity index (χ0) is 19.6. The van der Waals surface area contributed by atoms with Gasteiger partial charge in [0.05, 0.1) is 10.6 Å². The highest BCUT2D eigenvalue weighted by molar-refractivity contribution is 8.13. The van der Waals surface area contributed by atoms with Gasteiger partial charge in [0, 0.05) is 17.7 Å². The van der Waals surface area contributed by atoms with Crippen molar-refractivity contribution in [3.8, 4) is 5.69 Å². The molecule has 2 saturated carbocycles. The van der Waals surface area contributed by atoms with Crippen molar-refractivity contribution in [3.63, 3.8) is 0 Å². The molecule has 0 aliphatic heterocycles. The summed E-state index contributed by atoms with van der Waals surface area (Å²) >= 11 is 0. The Hall–Kier alpha value is -1.81. The summed E-state index contributed by atoms with van der Waals surface area (Å²) in [6.07, 6.45) is -1.20. The molecule has 4 rings (SSSR count). The number of nitrogens with zero attached hydrogens (tertiary/aromatic N) is 3. The lowest BCUT2D eigenvalue weighted by atomic mass is 10.0. The van der Waals surface area contributed by atoms with Gasteiger partial charge < -0.3 is 5.32 Å². The largest absolute Gasteiger partial charge is 0.453 e. The van der Waals surface area contributed by atoms with Crippen LogP contribution in [0.15, 0.2) is 17.0 Å². The van der Waals surface area contributed by atoms with E-state index in [0.29, 0.717) is 5.56 Å². The third-order valence-corrected chi connectivity index (χ3v) is 6.15. The Kier molecular flexibility index (Phi) is 4.19. The van der Waals surface area contributed by atoms with Crippen LogP contribution in [-0.4, -0.2) is 30.2 Å². The molecular formula is C16H16ClF3N4O2S. The van der Waals surface area contributed by atoms with E-state index in [0.717, 1.165) is 35.9 Å². The minimum atomic E-state index is -4.72. The molecule has 27 heavy (non-hydrogen) atoms. The van der Waals surface area contributed by atoms with Crippen LogP contribution in [0.5, 0.6) is 0 Å². The number of alkyl halides is 3. The third kappa shape index (κ3) is 3.52. The highest BCUT2D eigenvalue weighted by atomic mass is 35.7. The van der Waals surface area contributed by atoms with Crippen molar-refractivity contribution in [1.82, 2.24) is 14.8 Å². The molecule has 0 radical (unpaired) electrons. The summed E-state index contributed by atoms with van der Waals surface area (Å²) in [6.45, 7) is 0. The number of hydrogen-bond donors (Lipinski definition) is 1. The minimum absolute atomic E-state index is 0.0721. The first-order chi connectivity index (χ1) is 12.6. The standard InChI is InChI=1S/C16H16ClF3N4O2S/c1-21-15-22-14(16(18,19)20)23-24(15)12-7-13(27(17,25)26)11(9-4-5-9)6-10(12)8-2-3-8/h6-9H,2-5H2,1H3,(H,21,22,23). The van der Waals surface area contributed by atoms with Gasteiger partial charge in [-0.3, -0.25) is 0 Å². The predicted octanol–water partition coefficient (Wildman–Crippen LogP) is 4.01. The second-order valence-corrected chi connectivity index (χ2v) is 9.39. The Morgan fingerprint density at radius 2 is 1.74 bits per heavy atom. The maximum absolute atomic E-state index is 13.1. The van der Waals surface area contributed by atoms with Crippen LogP contribution in [0.2, 0.25) is 0 Å². The summed E-state index contributed by atoms with van der Waals surface area (Å²) in [5.41, 5.74) is 1.67. The van der Waals surface area contributed by atoms with E-state index in [1.807, 2.05) is 0 Å². The minimum Gasteiger partial charge on any atom is -0.357 e. The lowest BCUT2D eigenvalue weighted by Gasteiger charge is -2.16. The Bertz CT molecular complexity index is 1010. The second kappa shape index (κ2) is 6.10. The zero-order valence-corrected chi connectivity index (χ0v) is 15.8. The summed E-state index contributed by atoms with van der Waals surface area (Å²) in [5, 5.41) is 6.17. The Labute approximate surface area is 158 Å². The van der Waals surface area contributed by atoms with Gasteiger partial charge >= 0.3 is 6.18 Å². The van der Waals surface area contributed by atoms with Crippen LogP contribution in [0.1, 0.15) is 54.5 Å². The maximum atomic E-state index is 13.1. The molecule has 0 bridgehead atoms. The molecule has 0 spiro atoms. The van der Waals surface area contributed by atoms with Crippen LogP contribution in [0.4, 0.5) is 19.1 Å².